The van der Waals surface area contributed by atoms with Crippen molar-refractivity contribution in [1.82, 2.24) is 0 Å². The van der Waals surface area contributed by atoms with Gasteiger partial charge in [0.25, 0.3) is 0 Å². The Morgan fingerprint density at radius 2 is 0.970 bits per heavy atom. The fraction of sp³-hybridized carbons (Fsp3) is 0.830. The molecule has 14 heteroatoms. The molecule has 0 spiro atoms. The van der Waals surface area contributed by atoms with E-state index in [2.05, 4.69) is 62.5 Å². The zero-order valence-corrected chi connectivity index (χ0v) is 41.4. The van der Waals surface area contributed by atoms with E-state index >= 15 is 0 Å². The largest absolute Gasteiger partial charge is 0.457 e. The molecule has 390 valence electrons. The third-order valence-corrected chi connectivity index (χ3v) is 12.3. The maximum absolute atomic E-state index is 13.0. The van der Waals surface area contributed by atoms with Gasteiger partial charge in [-0.3, -0.25) is 4.79 Å². The molecule has 11 unspecified atom stereocenters. The molecule has 0 aliphatic carbocycles. The first-order valence-corrected chi connectivity index (χ1v) is 26.2. The standard InChI is InChI=1S/C53H94O14/c1-3-5-7-9-11-13-15-17-19-20-21-23-25-27-29-31-33-35-37-62-39-42(65-45(55)36-34-32-30-28-26-24-22-18-16-14-12-10-8-6-4-2)40-63-52-51(61)49(59)47(57)44(67-52)41-64-53-50(60)48(58)46(56)43(38-54)66-53/h6,8,12,14,17-19,22,42-44,46-54,56-61H,3-5,7,9-11,13,15-16,20-21,23-41H2,1-2H3/b8-6-,14-12-,19-17-,22-18-. The minimum absolute atomic E-state index is 0.0516. The Morgan fingerprint density at radius 1 is 0.507 bits per heavy atom. The van der Waals surface area contributed by atoms with E-state index < -0.39 is 86.7 Å². The molecule has 7 N–H and O–H groups in total. The molecule has 11 atom stereocenters. The van der Waals surface area contributed by atoms with E-state index in [1.165, 1.54) is 83.5 Å². The molecule has 14 nitrogen and oxygen atoms in total. The molecule has 0 amide bonds. The summed E-state index contributed by atoms with van der Waals surface area (Å²) in [5.74, 6) is -0.395. The summed E-state index contributed by atoms with van der Waals surface area (Å²) in [6.07, 6.45) is 30.3. The number of esters is 1. The Labute approximate surface area is 403 Å². The highest BCUT2D eigenvalue weighted by atomic mass is 16.7. The van der Waals surface area contributed by atoms with Crippen LogP contribution in [0.25, 0.3) is 0 Å². The lowest BCUT2D eigenvalue weighted by Crippen LogP contribution is -2.61. The van der Waals surface area contributed by atoms with E-state index in [-0.39, 0.29) is 19.6 Å². The monoisotopic (exact) mass is 955 g/mol. The SMILES string of the molecule is CC/C=C\C/C=C\C/C=C\CCCCCCCC(=O)OC(COCCCCCCCCCC/C=C\CCCCCCCC)COC1OC(COC2OC(CO)C(O)C(O)C2O)C(O)C(O)C1O. The van der Waals surface area contributed by atoms with Crippen molar-refractivity contribution in [1.29, 1.82) is 0 Å². The summed E-state index contributed by atoms with van der Waals surface area (Å²) >= 11 is 0. The highest BCUT2D eigenvalue weighted by Gasteiger charge is 2.47. The number of aliphatic hydroxyl groups excluding tert-OH is 7. The highest BCUT2D eigenvalue weighted by molar-refractivity contribution is 5.69. The fourth-order valence-corrected chi connectivity index (χ4v) is 8.06. The second-order valence-electron chi connectivity index (χ2n) is 18.3. The summed E-state index contributed by atoms with van der Waals surface area (Å²) in [7, 11) is 0. The van der Waals surface area contributed by atoms with Gasteiger partial charge in [0.15, 0.2) is 12.6 Å². The van der Waals surface area contributed by atoms with Gasteiger partial charge in [0.1, 0.15) is 54.9 Å². The minimum atomic E-state index is -1.71. The normalized spacial score (nSPS) is 26.5. The lowest BCUT2D eigenvalue weighted by atomic mass is 9.98. The Morgan fingerprint density at radius 3 is 1.54 bits per heavy atom. The van der Waals surface area contributed by atoms with Gasteiger partial charge in [0.2, 0.25) is 0 Å². The van der Waals surface area contributed by atoms with Crippen LogP contribution in [0, 0.1) is 0 Å². The molecule has 2 aliphatic rings. The highest BCUT2D eigenvalue weighted by Crippen LogP contribution is 2.26. The van der Waals surface area contributed by atoms with Gasteiger partial charge in [-0.25, -0.2) is 0 Å². The first kappa shape index (κ1) is 61.1. The van der Waals surface area contributed by atoms with Gasteiger partial charge in [0.05, 0.1) is 26.4 Å². The van der Waals surface area contributed by atoms with Crippen LogP contribution in [0.4, 0.5) is 0 Å². The van der Waals surface area contributed by atoms with Crippen molar-refractivity contribution >= 4 is 5.97 Å². The molecule has 67 heavy (non-hydrogen) atoms. The minimum Gasteiger partial charge on any atom is -0.457 e. The van der Waals surface area contributed by atoms with E-state index in [4.69, 9.17) is 28.4 Å². The van der Waals surface area contributed by atoms with Gasteiger partial charge in [0, 0.05) is 13.0 Å². The number of ether oxygens (including phenoxy) is 6. The van der Waals surface area contributed by atoms with Crippen LogP contribution >= 0.6 is 0 Å². The van der Waals surface area contributed by atoms with E-state index in [0.29, 0.717) is 13.0 Å². The van der Waals surface area contributed by atoms with Crippen LogP contribution in [0.1, 0.15) is 181 Å². The number of rotatable bonds is 41. The van der Waals surface area contributed by atoms with Crippen molar-refractivity contribution in [2.45, 2.75) is 248 Å². The molecule has 0 saturated carbocycles. The molecule has 0 bridgehead atoms. The summed E-state index contributed by atoms with van der Waals surface area (Å²) < 4.78 is 34.3. The number of carbonyl (C=O) groups is 1. The van der Waals surface area contributed by atoms with Gasteiger partial charge in [-0.1, -0.05) is 152 Å². The summed E-state index contributed by atoms with van der Waals surface area (Å²) in [4.78, 5) is 13.0. The Balaban J connectivity index is 1.77. The third-order valence-electron chi connectivity index (χ3n) is 12.3. The number of hydrogen-bond donors (Lipinski definition) is 7. The molecule has 2 aliphatic heterocycles. The van der Waals surface area contributed by atoms with Gasteiger partial charge in [-0.15, -0.1) is 0 Å². The Hall–Kier alpha value is -2.05. The Kier molecular flexibility index (Phi) is 37.1. The number of carbonyl (C=O) groups excluding carboxylic acids is 1. The van der Waals surface area contributed by atoms with Crippen molar-refractivity contribution in [2.24, 2.45) is 0 Å². The van der Waals surface area contributed by atoms with Crippen molar-refractivity contribution in [3.05, 3.63) is 48.6 Å². The van der Waals surface area contributed by atoms with Gasteiger partial charge in [-0.05, 0) is 70.6 Å². The van der Waals surface area contributed by atoms with Crippen LogP contribution in [-0.2, 0) is 33.2 Å². The predicted molar refractivity (Wildman–Crippen MR) is 261 cm³/mol. The fourth-order valence-electron chi connectivity index (χ4n) is 8.06. The van der Waals surface area contributed by atoms with E-state index in [1.54, 1.807) is 0 Å². The molecule has 2 saturated heterocycles. The topological polar surface area (TPSA) is 214 Å². The molecule has 2 heterocycles. The number of unbranched alkanes of at least 4 members (excludes halogenated alkanes) is 19. The van der Waals surface area contributed by atoms with Crippen molar-refractivity contribution in [3.63, 3.8) is 0 Å². The zero-order valence-electron chi connectivity index (χ0n) is 41.4. The summed E-state index contributed by atoms with van der Waals surface area (Å²) in [5.41, 5.74) is 0. The van der Waals surface area contributed by atoms with Crippen LogP contribution in [0.5, 0.6) is 0 Å². The summed E-state index contributed by atoms with van der Waals surface area (Å²) in [5, 5.41) is 72.1. The van der Waals surface area contributed by atoms with Crippen molar-refractivity contribution in [2.75, 3.05) is 33.0 Å². The summed E-state index contributed by atoms with van der Waals surface area (Å²) in [6, 6.07) is 0. The van der Waals surface area contributed by atoms with E-state index in [0.717, 1.165) is 70.6 Å². The van der Waals surface area contributed by atoms with Crippen LogP contribution in [-0.4, -0.2) is 142 Å². The van der Waals surface area contributed by atoms with E-state index in [1.807, 2.05) is 0 Å². The van der Waals surface area contributed by atoms with Gasteiger partial charge >= 0.3 is 5.97 Å². The van der Waals surface area contributed by atoms with Crippen LogP contribution < -0.4 is 0 Å². The molecule has 0 aromatic heterocycles. The maximum Gasteiger partial charge on any atom is 0.306 e. The average Bonchev–Trinajstić information content (AvgIpc) is 3.32. The first-order valence-electron chi connectivity index (χ1n) is 26.2. The second-order valence-corrected chi connectivity index (χ2v) is 18.3. The quantitative estimate of drug-likeness (QED) is 0.0176. The molecular formula is C53H94O14. The average molecular weight is 955 g/mol. The number of aliphatic hydroxyl groups is 7. The van der Waals surface area contributed by atoms with Crippen LogP contribution in [0.15, 0.2) is 48.6 Å². The molecule has 0 radical (unpaired) electrons. The van der Waals surface area contributed by atoms with Crippen LogP contribution in [0.2, 0.25) is 0 Å². The molecular weight excluding hydrogens is 861 g/mol. The lowest BCUT2D eigenvalue weighted by Gasteiger charge is -2.42. The molecule has 2 fully saturated rings. The number of allylic oxidation sites excluding steroid dienone is 8. The van der Waals surface area contributed by atoms with Crippen molar-refractivity contribution < 1.29 is 69.0 Å². The summed E-state index contributed by atoms with van der Waals surface area (Å²) in [6.45, 7) is 3.54. The lowest BCUT2D eigenvalue weighted by molar-refractivity contribution is -0.332. The predicted octanol–water partition coefficient (Wildman–Crippen LogP) is 7.96. The molecule has 0 aromatic rings. The molecule has 2 rings (SSSR count). The Bertz CT molecular complexity index is 1290. The number of hydrogen-bond acceptors (Lipinski definition) is 14. The third kappa shape index (κ3) is 28.4. The smallest absolute Gasteiger partial charge is 0.306 e. The van der Waals surface area contributed by atoms with Gasteiger partial charge in [-0.2, -0.15) is 0 Å². The maximum atomic E-state index is 13.0. The van der Waals surface area contributed by atoms with Gasteiger partial charge < -0.3 is 64.2 Å². The second kappa shape index (κ2) is 40.7. The molecule has 0 aromatic carbocycles. The zero-order chi connectivity index (χ0) is 48.7. The van der Waals surface area contributed by atoms with E-state index in [9.17, 15) is 40.5 Å². The van der Waals surface area contributed by atoms with Crippen molar-refractivity contribution in [3.8, 4) is 0 Å². The first-order chi connectivity index (χ1) is 32.6. The van der Waals surface area contributed by atoms with Crippen LogP contribution in [0.3, 0.4) is 0 Å².